The summed E-state index contributed by atoms with van der Waals surface area (Å²) in [6, 6.07) is 5.00. The largest absolute Gasteiger partial charge is 0.399 e. The van der Waals surface area contributed by atoms with E-state index < -0.39 is 23.6 Å². The Hall–Kier alpha value is -1.82. The Bertz CT molecular complexity index is 653. The van der Waals surface area contributed by atoms with Crippen molar-refractivity contribution in [3.63, 3.8) is 0 Å². The molecule has 2 heterocycles. The average Bonchev–Trinajstić information content (AvgIpc) is 2.83. The molecule has 0 radical (unpaired) electrons. The number of aryl methyl sites for hydroxylation is 1. The maximum atomic E-state index is 13.5. The van der Waals surface area contributed by atoms with Crippen molar-refractivity contribution >= 4 is 11.6 Å². The molecular weight excluding hydrogens is 283 g/mol. The molecule has 3 nitrogen and oxygen atoms in total. The van der Waals surface area contributed by atoms with Crippen LogP contribution in [0.5, 0.6) is 0 Å². The van der Waals surface area contributed by atoms with Gasteiger partial charge in [0.25, 0.3) is 5.91 Å². The van der Waals surface area contributed by atoms with Crippen LogP contribution >= 0.6 is 0 Å². The highest BCUT2D eigenvalue weighted by molar-refractivity contribution is 6.07. The van der Waals surface area contributed by atoms with Gasteiger partial charge in [-0.3, -0.25) is 4.79 Å². The molecule has 2 aliphatic rings. The minimum atomic E-state index is -4.59. The maximum absolute atomic E-state index is 13.5. The molecule has 1 spiro atoms. The van der Waals surface area contributed by atoms with E-state index in [9.17, 15) is 18.0 Å². The predicted octanol–water partition coefficient (Wildman–Crippen LogP) is 2.93. The fraction of sp³-hybridized carbons (Fsp3) is 0.400. The molecule has 0 unspecified atom stereocenters. The molecule has 0 aromatic heterocycles. The standard InChI is InChI=1S/C15H14F3NO2/c1-8-4-5-11-10(6-8)14(13(20)19(11)3)12(15(16,17)18)9(2)7-21-14/h4-6,12H,2,7H2,1,3H3/t12-,14-/m0/s1. The molecule has 112 valence electrons. The predicted molar refractivity (Wildman–Crippen MR) is 70.9 cm³/mol. The molecule has 3 rings (SSSR count). The number of benzene rings is 1. The van der Waals surface area contributed by atoms with Gasteiger partial charge in [0, 0.05) is 12.6 Å². The number of rotatable bonds is 0. The van der Waals surface area contributed by atoms with Gasteiger partial charge in [-0.1, -0.05) is 24.3 Å². The van der Waals surface area contributed by atoms with Gasteiger partial charge in [-0.2, -0.15) is 13.2 Å². The summed E-state index contributed by atoms with van der Waals surface area (Å²) in [5.74, 6) is -2.70. The van der Waals surface area contributed by atoms with Crippen LogP contribution in [0, 0.1) is 12.8 Å². The summed E-state index contributed by atoms with van der Waals surface area (Å²) in [4.78, 5) is 13.8. The van der Waals surface area contributed by atoms with Gasteiger partial charge in [0.05, 0.1) is 12.3 Å². The Balaban J connectivity index is 2.29. The molecule has 1 amide bonds. The van der Waals surface area contributed by atoms with Crippen molar-refractivity contribution in [1.82, 2.24) is 0 Å². The van der Waals surface area contributed by atoms with Gasteiger partial charge in [-0.05, 0) is 18.6 Å². The quantitative estimate of drug-likeness (QED) is 0.689. The lowest BCUT2D eigenvalue weighted by atomic mass is 9.79. The first-order valence-electron chi connectivity index (χ1n) is 6.47. The summed E-state index contributed by atoms with van der Waals surface area (Å²) in [5.41, 5.74) is -0.631. The van der Waals surface area contributed by atoms with Crippen LogP contribution in [0.15, 0.2) is 30.4 Å². The number of anilines is 1. The van der Waals surface area contributed by atoms with Crippen LogP contribution in [0.1, 0.15) is 11.1 Å². The van der Waals surface area contributed by atoms with Gasteiger partial charge in [0.2, 0.25) is 0 Å². The monoisotopic (exact) mass is 297 g/mol. The normalized spacial score (nSPS) is 28.6. The molecule has 0 N–H and O–H groups in total. The lowest BCUT2D eigenvalue weighted by Crippen LogP contribution is -2.48. The number of fused-ring (bicyclic) bond motifs is 2. The van der Waals surface area contributed by atoms with Crippen LogP contribution in [-0.2, 0) is 15.1 Å². The first kappa shape index (κ1) is 14.1. The fourth-order valence-corrected chi connectivity index (χ4v) is 3.25. The Morgan fingerprint density at radius 3 is 2.71 bits per heavy atom. The van der Waals surface area contributed by atoms with Gasteiger partial charge in [0.15, 0.2) is 5.60 Å². The number of nitrogens with zero attached hydrogens (tertiary/aromatic N) is 1. The molecule has 1 saturated heterocycles. The van der Waals surface area contributed by atoms with Gasteiger partial charge >= 0.3 is 6.18 Å². The number of amides is 1. The van der Waals surface area contributed by atoms with E-state index in [1.807, 2.05) is 0 Å². The summed E-state index contributed by atoms with van der Waals surface area (Å²) in [6.45, 7) is 4.96. The van der Waals surface area contributed by atoms with Gasteiger partial charge < -0.3 is 9.64 Å². The minimum absolute atomic E-state index is 0.112. The van der Waals surface area contributed by atoms with Crippen molar-refractivity contribution < 1.29 is 22.7 Å². The van der Waals surface area contributed by atoms with E-state index in [1.165, 1.54) is 11.9 Å². The van der Waals surface area contributed by atoms with E-state index in [1.54, 1.807) is 25.1 Å². The van der Waals surface area contributed by atoms with Crippen LogP contribution in [0.4, 0.5) is 18.9 Å². The second-order valence-electron chi connectivity index (χ2n) is 5.54. The fourth-order valence-electron chi connectivity index (χ4n) is 3.25. The minimum Gasteiger partial charge on any atom is -0.355 e. The summed E-state index contributed by atoms with van der Waals surface area (Å²) in [5, 5.41) is 0. The SMILES string of the molecule is C=C1CO[C@]2(C(=O)N(C)c3ccc(C)cc32)[C@H]1C(F)(F)F. The van der Waals surface area contributed by atoms with Crippen LogP contribution in [-0.4, -0.2) is 25.7 Å². The molecule has 2 aliphatic heterocycles. The van der Waals surface area contributed by atoms with Crippen LogP contribution in [0.3, 0.4) is 0 Å². The first-order valence-corrected chi connectivity index (χ1v) is 6.47. The third-order valence-electron chi connectivity index (χ3n) is 4.16. The van der Waals surface area contributed by atoms with Crippen molar-refractivity contribution in [2.75, 3.05) is 18.6 Å². The van der Waals surface area contributed by atoms with Crippen molar-refractivity contribution in [1.29, 1.82) is 0 Å². The Morgan fingerprint density at radius 2 is 2.10 bits per heavy atom. The summed E-state index contributed by atoms with van der Waals surface area (Å²) < 4.78 is 45.9. The molecule has 1 aromatic rings. The summed E-state index contributed by atoms with van der Waals surface area (Å²) in [6.07, 6.45) is -4.59. The van der Waals surface area contributed by atoms with E-state index >= 15 is 0 Å². The molecule has 1 aromatic carbocycles. The Morgan fingerprint density at radius 1 is 1.43 bits per heavy atom. The van der Waals surface area contributed by atoms with Gasteiger partial charge in [-0.15, -0.1) is 0 Å². The number of hydrogen-bond acceptors (Lipinski definition) is 2. The van der Waals surface area contributed by atoms with Crippen molar-refractivity contribution in [3.8, 4) is 0 Å². The van der Waals surface area contributed by atoms with Crippen molar-refractivity contribution in [2.24, 2.45) is 5.92 Å². The smallest absolute Gasteiger partial charge is 0.355 e. The van der Waals surface area contributed by atoms with Crippen LogP contribution < -0.4 is 4.90 Å². The zero-order chi connectivity index (χ0) is 15.6. The van der Waals surface area contributed by atoms with E-state index in [-0.39, 0.29) is 17.7 Å². The Kier molecular flexibility index (Phi) is 2.76. The van der Waals surface area contributed by atoms with Crippen molar-refractivity contribution in [3.05, 3.63) is 41.5 Å². The lowest BCUT2D eigenvalue weighted by molar-refractivity contribution is -0.205. The number of ether oxygens (including phenoxy) is 1. The number of carbonyl (C=O) groups excluding carboxylic acids is 1. The molecule has 0 saturated carbocycles. The highest BCUT2D eigenvalue weighted by Gasteiger charge is 2.68. The molecule has 0 bridgehead atoms. The lowest BCUT2D eigenvalue weighted by Gasteiger charge is -2.30. The second kappa shape index (κ2) is 4.10. The third-order valence-corrected chi connectivity index (χ3v) is 4.16. The number of hydrogen-bond donors (Lipinski definition) is 0. The third kappa shape index (κ3) is 1.68. The zero-order valence-corrected chi connectivity index (χ0v) is 11.6. The highest BCUT2D eigenvalue weighted by Crippen LogP contribution is 2.57. The first-order chi connectivity index (χ1) is 9.69. The maximum Gasteiger partial charge on any atom is 0.399 e. The topological polar surface area (TPSA) is 29.5 Å². The molecule has 1 fully saturated rings. The average molecular weight is 297 g/mol. The number of alkyl halides is 3. The summed E-state index contributed by atoms with van der Waals surface area (Å²) >= 11 is 0. The molecule has 21 heavy (non-hydrogen) atoms. The van der Waals surface area contributed by atoms with Crippen molar-refractivity contribution in [2.45, 2.75) is 18.7 Å². The van der Waals surface area contributed by atoms with Gasteiger partial charge in [-0.25, -0.2) is 0 Å². The summed E-state index contributed by atoms with van der Waals surface area (Å²) in [7, 11) is 1.46. The second-order valence-corrected chi connectivity index (χ2v) is 5.54. The van der Waals surface area contributed by atoms with E-state index in [0.717, 1.165) is 5.56 Å². The zero-order valence-electron chi connectivity index (χ0n) is 11.6. The van der Waals surface area contributed by atoms with Crippen LogP contribution in [0.2, 0.25) is 0 Å². The number of halogens is 3. The van der Waals surface area contributed by atoms with Crippen LogP contribution in [0.25, 0.3) is 0 Å². The van der Waals surface area contributed by atoms with E-state index in [2.05, 4.69) is 6.58 Å². The molecular formula is C15H14F3NO2. The highest BCUT2D eigenvalue weighted by atomic mass is 19.4. The number of likely N-dealkylation sites (N-methyl/N-ethyl adjacent to an activating group) is 1. The van der Waals surface area contributed by atoms with E-state index in [4.69, 9.17) is 4.74 Å². The van der Waals surface area contributed by atoms with E-state index in [0.29, 0.717) is 5.69 Å². The Labute approximate surface area is 120 Å². The molecule has 0 aliphatic carbocycles. The molecule has 6 heteroatoms. The number of carbonyl (C=O) groups is 1. The van der Waals surface area contributed by atoms with Gasteiger partial charge in [0.1, 0.15) is 5.92 Å². The molecule has 2 atom stereocenters.